The molecule has 0 aromatic carbocycles. The van der Waals surface area contributed by atoms with Crippen LogP contribution in [-0.4, -0.2) is 39.8 Å². The molecule has 0 saturated heterocycles. The predicted molar refractivity (Wildman–Crippen MR) is 86.6 cm³/mol. The quantitative estimate of drug-likeness (QED) is 0.655. The number of methoxy groups -OCH3 is 1. The van der Waals surface area contributed by atoms with Crippen LogP contribution in [0.4, 0.5) is 0 Å². The van der Waals surface area contributed by atoms with Crippen molar-refractivity contribution in [3.8, 4) is 0 Å². The number of ether oxygens (including phenoxy) is 1. The van der Waals surface area contributed by atoms with Crippen molar-refractivity contribution >= 4 is 16.3 Å². The van der Waals surface area contributed by atoms with E-state index in [2.05, 4.69) is 15.0 Å². The zero-order valence-corrected chi connectivity index (χ0v) is 13.9. The van der Waals surface area contributed by atoms with Crippen LogP contribution in [0.5, 0.6) is 0 Å². The van der Waals surface area contributed by atoms with Gasteiger partial charge in [-0.1, -0.05) is 11.3 Å². The second kappa shape index (κ2) is 7.03. The standard InChI is InChI=1S/C15H18N4O3S/c1-11-17-19-14(20)8-12(16-15(19)23-11)9-18(5-7-21-2)10-13-4-3-6-22-13/h3-4,6,8H,5,7,9-10H2,1-2H3. The topological polar surface area (TPSA) is 72.9 Å². The summed E-state index contributed by atoms with van der Waals surface area (Å²) in [5.41, 5.74) is 0.570. The van der Waals surface area contributed by atoms with E-state index < -0.39 is 0 Å². The zero-order valence-electron chi connectivity index (χ0n) is 13.1. The van der Waals surface area contributed by atoms with Gasteiger partial charge in [-0.25, -0.2) is 4.98 Å². The first-order chi connectivity index (χ1) is 11.2. The Kier molecular flexibility index (Phi) is 4.85. The summed E-state index contributed by atoms with van der Waals surface area (Å²) in [5.74, 6) is 0.868. The minimum atomic E-state index is -0.154. The first-order valence-corrected chi connectivity index (χ1v) is 8.07. The molecule has 3 heterocycles. The summed E-state index contributed by atoms with van der Waals surface area (Å²) in [4.78, 5) is 19.4. The maximum Gasteiger partial charge on any atom is 0.275 e. The molecule has 0 aliphatic heterocycles. The molecule has 0 radical (unpaired) electrons. The first-order valence-electron chi connectivity index (χ1n) is 7.26. The lowest BCUT2D eigenvalue weighted by atomic mass is 10.3. The fourth-order valence-corrected chi connectivity index (χ4v) is 3.09. The average Bonchev–Trinajstić information content (AvgIpc) is 3.14. The Balaban J connectivity index is 1.82. The average molecular weight is 334 g/mol. The number of furan rings is 1. The highest BCUT2D eigenvalue weighted by molar-refractivity contribution is 7.16. The van der Waals surface area contributed by atoms with Crippen molar-refractivity contribution in [1.29, 1.82) is 0 Å². The fourth-order valence-electron chi connectivity index (χ4n) is 2.32. The summed E-state index contributed by atoms with van der Waals surface area (Å²) in [6.07, 6.45) is 1.65. The molecule has 0 spiro atoms. The molecule has 8 heteroatoms. The number of rotatable bonds is 7. The van der Waals surface area contributed by atoms with Crippen LogP contribution in [0.15, 0.2) is 33.7 Å². The lowest BCUT2D eigenvalue weighted by molar-refractivity contribution is 0.134. The third-order valence-electron chi connectivity index (χ3n) is 3.36. The van der Waals surface area contributed by atoms with Crippen molar-refractivity contribution in [1.82, 2.24) is 19.5 Å². The Labute approximate surface area is 137 Å². The lowest BCUT2D eigenvalue weighted by Gasteiger charge is -2.20. The summed E-state index contributed by atoms with van der Waals surface area (Å²) in [6, 6.07) is 5.33. The van der Waals surface area contributed by atoms with Crippen molar-refractivity contribution in [3.05, 3.63) is 51.3 Å². The van der Waals surface area contributed by atoms with Gasteiger partial charge in [-0.15, -0.1) is 0 Å². The molecule has 23 heavy (non-hydrogen) atoms. The smallest absolute Gasteiger partial charge is 0.275 e. The van der Waals surface area contributed by atoms with Crippen LogP contribution in [0, 0.1) is 6.92 Å². The summed E-state index contributed by atoms with van der Waals surface area (Å²) in [5, 5.41) is 4.97. The van der Waals surface area contributed by atoms with Crippen molar-refractivity contribution < 1.29 is 9.15 Å². The van der Waals surface area contributed by atoms with E-state index in [1.165, 1.54) is 21.9 Å². The van der Waals surface area contributed by atoms with Crippen LogP contribution in [0.1, 0.15) is 16.5 Å². The lowest BCUT2D eigenvalue weighted by Crippen LogP contribution is -2.28. The molecule has 0 saturated carbocycles. The highest BCUT2D eigenvalue weighted by Crippen LogP contribution is 2.12. The van der Waals surface area contributed by atoms with Gasteiger partial charge in [0.2, 0.25) is 4.96 Å². The highest BCUT2D eigenvalue weighted by Gasteiger charge is 2.12. The molecule has 122 valence electrons. The van der Waals surface area contributed by atoms with Crippen LogP contribution >= 0.6 is 11.3 Å². The number of aryl methyl sites for hydroxylation is 1. The van der Waals surface area contributed by atoms with E-state index in [0.29, 0.717) is 24.7 Å². The predicted octanol–water partition coefficient (Wildman–Crippen LogP) is 1.70. The summed E-state index contributed by atoms with van der Waals surface area (Å²) in [7, 11) is 1.67. The Hall–Kier alpha value is -2.03. The second-order valence-electron chi connectivity index (χ2n) is 5.18. The van der Waals surface area contributed by atoms with Crippen molar-refractivity contribution in [3.63, 3.8) is 0 Å². The van der Waals surface area contributed by atoms with E-state index in [4.69, 9.17) is 9.15 Å². The minimum absolute atomic E-state index is 0.154. The van der Waals surface area contributed by atoms with Gasteiger partial charge in [0.15, 0.2) is 0 Å². The molecule has 7 nitrogen and oxygen atoms in total. The van der Waals surface area contributed by atoms with Crippen LogP contribution < -0.4 is 5.56 Å². The Bertz CT molecular complexity index is 825. The van der Waals surface area contributed by atoms with Crippen LogP contribution in [0.3, 0.4) is 0 Å². The molecule has 0 aliphatic carbocycles. The normalized spacial score (nSPS) is 11.6. The SMILES string of the molecule is COCCN(Cc1cc(=O)n2nc(C)sc2n1)Cc1ccco1. The Morgan fingerprint density at radius 3 is 3.04 bits per heavy atom. The summed E-state index contributed by atoms with van der Waals surface area (Å²) < 4.78 is 11.9. The fraction of sp³-hybridized carbons (Fsp3) is 0.400. The van der Waals surface area contributed by atoms with E-state index in [1.807, 2.05) is 19.1 Å². The van der Waals surface area contributed by atoms with E-state index in [1.54, 1.807) is 13.4 Å². The van der Waals surface area contributed by atoms with E-state index in [0.717, 1.165) is 23.0 Å². The number of hydrogen-bond donors (Lipinski definition) is 0. The zero-order chi connectivity index (χ0) is 16.2. The van der Waals surface area contributed by atoms with Crippen LogP contribution in [0.2, 0.25) is 0 Å². The molecular formula is C15H18N4O3S. The van der Waals surface area contributed by atoms with Gasteiger partial charge in [0.05, 0.1) is 25.1 Å². The number of aromatic nitrogens is 3. The number of hydrogen-bond acceptors (Lipinski definition) is 7. The molecule has 0 amide bonds. The minimum Gasteiger partial charge on any atom is -0.468 e. The first kappa shape index (κ1) is 15.9. The molecule has 3 aromatic heterocycles. The van der Waals surface area contributed by atoms with Crippen molar-refractivity contribution in [2.24, 2.45) is 0 Å². The molecule has 0 aliphatic rings. The van der Waals surface area contributed by atoms with E-state index in [-0.39, 0.29) is 5.56 Å². The van der Waals surface area contributed by atoms with Crippen LogP contribution in [-0.2, 0) is 17.8 Å². The Morgan fingerprint density at radius 2 is 2.30 bits per heavy atom. The molecule has 3 aromatic rings. The third-order valence-corrected chi connectivity index (χ3v) is 4.18. The maximum absolute atomic E-state index is 12.1. The Morgan fingerprint density at radius 1 is 1.43 bits per heavy atom. The van der Waals surface area contributed by atoms with Gasteiger partial charge in [-0.2, -0.15) is 9.61 Å². The van der Waals surface area contributed by atoms with E-state index >= 15 is 0 Å². The number of fused-ring (bicyclic) bond motifs is 1. The third kappa shape index (κ3) is 3.84. The molecule has 0 fully saturated rings. The summed E-state index contributed by atoms with van der Waals surface area (Å²) in [6.45, 7) is 4.37. The van der Waals surface area contributed by atoms with Gasteiger partial charge >= 0.3 is 0 Å². The van der Waals surface area contributed by atoms with Crippen LogP contribution in [0.25, 0.3) is 4.96 Å². The largest absolute Gasteiger partial charge is 0.468 e. The molecule has 0 unspecified atom stereocenters. The summed E-state index contributed by atoms with van der Waals surface area (Å²) >= 11 is 1.41. The van der Waals surface area contributed by atoms with Crippen molar-refractivity contribution in [2.45, 2.75) is 20.0 Å². The maximum atomic E-state index is 12.1. The monoisotopic (exact) mass is 334 g/mol. The van der Waals surface area contributed by atoms with Gasteiger partial charge < -0.3 is 9.15 Å². The van der Waals surface area contributed by atoms with Gasteiger partial charge in [0.25, 0.3) is 5.56 Å². The molecular weight excluding hydrogens is 316 g/mol. The molecule has 0 bridgehead atoms. The molecule has 0 atom stereocenters. The highest BCUT2D eigenvalue weighted by atomic mass is 32.1. The van der Waals surface area contributed by atoms with E-state index in [9.17, 15) is 4.79 Å². The van der Waals surface area contributed by atoms with Gasteiger partial charge in [0.1, 0.15) is 10.8 Å². The van der Waals surface area contributed by atoms with Gasteiger partial charge in [-0.05, 0) is 19.1 Å². The van der Waals surface area contributed by atoms with Gasteiger partial charge in [0, 0.05) is 26.3 Å². The van der Waals surface area contributed by atoms with Crippen molar-refractivity contribution in [2.75, 3.05) is 20.3 Å². The van der Waals surface area contributed by atoms with Gasteiger partial charge in [-0.3, -0.25) is 9.69 Å². The number of nitrogens with zero attached hydrogens (tertiary/aromatic N) is 4. The second-order valence-corrected chi connectivity index (χ2v) is 6.34. The molecule has 0 N–H and O–H groups in total. The molecule has 3 rings (SSSR count).